The summed E-state index contributed by atoms with van der Waals surface area (Å²) in [5.74, 6) is -0.0885. The van der Waals surface area contributed by atoms with E-state index in [4.69, 9.17) is 0 Å². The zero-order chi connectivity index (χ0) is 15.0. The van der Waals surface area contributed by atoms with Crippen molar-refractivity contribution in [2.45, 2.75) is 6.92 Å². The van der Waals surface area contributed by atoms with Gasteiger partial charge in [0.25, 0.3) is 5.91 Å². The Bertz CT molecular complexity index is 817. The fourth-order valence-corrected chi connectivity index (χ4v) is 2.47. The Morgan fingerprint density at radius 1 is 1.24 bits per heavy atom. The minimum absolute atomic E-state index is 0.0885. The van der Waals surface area contributed by atoms with Crippen LogP contribution in [0.2, 0.25) is 0 Å². The molecule has 21 heavy (non-hydrogen) atoms. The van der Waals surface area contributed by atoms with Crippen molar-refractivity contribution in [1.29, 1.82) is 0 Å². The number of hydrogen-bond acceptors (Lipinski definition) is 3. The van der Waals surface area contributed by atoms with Gasteiger partial charge in [-0.3, -0.25) is 14.5 Å². The first-order chi connectivity index (χ1) is 10.1. The Labute approximate surface area is 122 Å². The molecule has 3 rings (SSSR count). The number of aromatic nitrogens is 3. The molecule has 0 spiro atoms. The van der Waals surface area contributed by atoms with Crippen LogP contribution in [0.5, 0.6) is 0 Å². The lowest BCUT2D eigenvalue weighted by molar-refractivity contribution is 0.0984. The zero-order valence-corrected chi connectivity index (χ0v) is 12.2. The fraction of sp³-hybridized carbons (Fsp3) is 0.188. The van der Waals surface area contributed by atoms with Crippen LogP contribution in [-0.2, 0) is 7.05 Å². The van der Waals surface area contributed by atoms with Crippen molar-refractivity contribution in [3.63, 3.8) is 0 Å². The number of carbonyl (C=O) groups excluding carboxylic acids is 1. The van der Waals surface area contributed by atoms with Gasteiger partial charge in [0, 0.05) is 25.7 Å². The van der Waals surface area contributed by atoms with Gasteiger partial charge >= 0.3 is 0 Å². The molecule has 106 valence electrons. The highest BCUT2D eigenvalue weighted by Gasteiger charge is 2.19. The average Bonchev–Trinajstić information content (AvgIpc) is 2.84. The van der Waals surface area contributed by atoms with Gasteiger partial charge in [-0.05, 0) is 37.3 Å². The standard InChI is InChI=1S/C16H16N4O/c1-11-10-15(20(3)18-11)16(21)19(2)14-8-4-7-13-12(14)6-5-9-17-13/h4-10H,1-3H3. The first kappa shape index (κ1) is 13.3. The van der Waals surface area contributed by atoms with Gasteiger partial charge in [-0.15, -0.1) is 0 Å². The maximum absolute atomic E-state index is 12.7. The molecule has 0 bridgehead atoms. The summed E-state index contributed by atoms with van der Waals surface area (Å²) in [4.78, 5) is 18.6. The number of amides is 1. The van der Waals surface area contributed by atoms with Gasteiger partial charge in [0.05, 0.1) is 16.9 Å². The highest BCUT2D eigenvalue weighted by molar-refractivity contribution is 6.09. The van der Waals surface area contributed by atoms with Crippen molar-refractivity contribution in [2.75, 3.05) is 11.9 Å². The molecular formula is C16H16N4O. The summed E-state index contributed by atoms with van der Waals surface area (Å²) in [5, 5.41) is 5.18. The molecule has 0 N–H and O–H groups in total. The second-order valence-electron chi connectivity index (χ2n) is 5.01. The van der Waals surface area contributed by atoms with Crippen molar-refractivity contribution < 1.29 is 4.79 Å². The molecule has 2 aromatic heterocycles. The van der Waals surface area contributed by atoms with E-state index in [1.165, 1.54) is 0 Å². The third-order valence-corrected chi connectivity index (χ3v) is 3.51. The van der Waals surface area contributed by atoms with Gasteiger partial charge in [-0.1, -0.05) is 6.07 Å². The van der Waals surface area contributed by atoms with Crippen LogP contribution in [0.25, 0.3) is 10.9 Å². The van der Waals surface area contributed by atoms with Crippen LogP contribution in [0.4, 0.5) is 5.69 Å². The summed E-state index contributed by atoms with van der Waals surface area (Å²) >= 11 is 0. The van der Waals surface area contributed by atoms with Crippen molar-refractivity contribution in [1.82, 2.24) is 14.8 Å². The number of aryl methyl sites for hydroxylation is 2. The Morgan fingerprint density at radius 3 is 2.76 bits per heavy atom. The molecule has 0 unspecified atom stereocenters. The summed E-state index contributed by atoms with van der Waals surface area (Å²) < 4.78 is 1.61. The third-order valence-electron chi connectivity index (χ3n) is 3.51. The van der Waals surface area contributed by atoms with Gasteiger partial charge in [0.2, 0.25) is 0 Å². The number of pyridine rings is 1. The Balaban J connectivity index is 2.06. The summed E-state index contributed by atoms with van der Waals surface area (Å²) in [7, 11) is 3.55. The molecule has 0 saturated carbocycles. The van der Waals surface area contributed by atoms with Crippen LogP contribution < -0.4 is 4.90 Å². The topological polar surface area (TPSA) is 51.0 Å². The van der Waals surface area contributed by atoms with E-state index in [2.05, 4.69) is 10.1 Å². The van der Waals surface area contributed by atoms with Crippen LogP contribution in [0.3, 0.4) is 0 Å². The summed E-state index contributed by atoms with van der Waals surface area (Å²) in [6, 6.07) is 11.4. The summed E-state index contributed by atoms with van der Waals surface area (Å²) in [6.45, 7) is 1.87. The highest BCUT2D eigenvalue weighted by atomic mass is 16.2. The van der Waals surface area contributed by atoms with E-state index < -0.39 is 0 Å². The summed E-state index contributed by atoms with van der Waals surface area (Å²) in [5.41, 5.74) is 3.10. The molecule has 5 heteroatoms. The Morgan fingerprint density at radius 2 is 2.05 bits per heavy atom. The van der Waals surface area contributed by atoms with Gasteiger partial charge in [0.1, 0.15) is 5.69 Å². The molecule has 0 fully saturated rings. The second kappa shape index (κ2) is 5.01. The number of carbonyl (C=O) groups is 1. The molecule has 0 saturated heterocycles. The van der Waals surface area contributed by atoms with E-state index in [1.54, 1.807) is 35.9 Å². The molecule has 0 aliphatic heterocycles. The fourth-order valence-electron chi connectivity index (χ4n) is 2.47. The predicted octanol–water partition coefficient (Wildman–Crippen LogP) is 2.55. The SMILES string of the molecule is Cc1cc(C(=O)N(C)c2cccc3ncccc23)n(C)n1. The van der Waals surface area contributed by atoms with E-state index in [0.717, 1.165) is 22.3 Å². The average molecular weight is 280 g/mol. The zero-order valence-electron chi connectivity index (χ0n) is 12.2. The molecule has 5 nitrogen and oxygen atoms in total. The normalized spacial score (nSPS) is 10.8. The van der Waals surface area contributed by atoms with Crippen LogP contribution in [0, 0.1) is 6.92 Å². The molecule has 1 aromatic carbocycles. The summed E-state index contributed by atoms with van der Waals surface area (Å²) in [6.07, 6.45) is 1.75. The van der Waals surface area contributed by atoms with Crippen LogP contribution in [-0.4, -0.2) is 27.7 Å². The lowest BCUT2D eigenvalue weighted by Crippen LogP contribution is -2.28. The number of nitrogens with zero attached hydrogens (tertiary/aromatic N) is 4. The minimum atomic E-state index is -0.0885. The molecule has 2 heterocycles. The monoisotopic (exact) mass is 280 g/mol. The first-order valence-electron chi connectivity index (χ1n) is 6.70. The second-order valence-corrected chi connectivity index (χ2v) is 5.01. The Hall–Kier alpha value is -2.69. The lowest BCUT2D eigenvalue weighted by atomic mass is 10.1. The number of benzene rings is 1. The molecule has 3 aromatic rings. The van der Waals surface area contributed by atoms with Crippen LogP contribution >= 0.6 is 0 Å². The minimum Gasteiger partial charge on any atom is -0.309 e. The van der Waals surface area contributed by atoms with Gasteiger partial charge < -0.3 is 4.90 Å². The largest absolute Gasteiger partial charge is 0.309 e. The molecule has 0 radical (unpaired) electrons. The highest BCUT2D eigenvalue weighted by Crippen LogP contribution is 2.25. The van der Waals surface area contributed by atoms with Gasteiger partial charge in [-0.2, -0.15) is 5.10 Å². The quantitative estimate of drug-likeness (QED) is 0.725. The van der Waals surface area contributed by atoms with Crippen molar-refractivity contribution >= 4 is 22.5 Å². The van der Waals surface area contributed by atoms with Crippen molar-refractivity contribution in [3.8, 4) is 0 Å². The molecule has 0 aliphatic rings. The maximum atomic E-state index is 12.7. The van der Waals surface area contributed by atoms with Gasteiger partial charge in [-0.25, -0.2) is 0 Å². The predicted molar refractivity (Wildman–Crippen MR) is 82.4 cm³/mol. The van der Waals surface area contributed by atoms with E-state index in [0.29, 0.717) is 5.69 Å². The van der Waals surface area contributed by atoms with Crippen LogP contribution in [0.15, 0.2) is 42.6 Å². The van der Waals surface area contributed by atoms with Crippen LogP contribution in [0.1, 0.15) is 16.2 Å². The molecule has 1 amide bonds. The maximum Gasteiger partial charge on any atom is 0.276 e. The number of rotatable bonds is 2. The number of hydrogen-bond donors (Lipinski definition) is 0. The Kier molecular flexibility index (Phi) is 3.17. The molecule has 0 aliphatic carbocycles. The van der Waals surface area contributed by atoms with E-state index in [-0.39, 0.29) is 5.91 Å². The smallest absolute Gasteiger partial charge is 0.276 e. The molecular weight excluding hydrogens is 264 g/mol. The van der Waals surface area contributed by atoms with E-state index in [9.17, 15) is 4.79 Å². The third kappa shape index (κ3) is 2.27. The van der Waals surface area contributed by atoms with E-state index in [1.807, 2.05) is 37.3 Å². The van der Waals surface area contributed by atoms with E-state index >= 15 is 0 Å². The number of anilines is 1. The number of fused-ring (bicyclic) bond motifs is 1. The lowest BCUT2D eigenvalue weighted by Gasteiger charge is -2.19. The molecule has 0 atom stereocenters. The van der Waals surface area contributed by atoms with Gasteiger partial charge in [0.15, 0.2) is 0 Å². The van der Waals surface area contributed by atoms with Crippen molar-refractivity contribution in [2.24, 2.45) is 7.05 Å². The van der Waals surface area contributed by atoms with Crippen molar-refractivity contribution in [3.05, 3.63) is 54.0 Å². The first-order valence-corrected chi connectivity index (χ1v) is 6.70.